The van der Waals surface area contributed by atoms with E-state index in [9.17, 15) is 4.79 Å². The molecule has 1 aliphatic rings. The number of anilines is 3. The number of amides is 1. The summed E-state index contributed by atoms with van der Waals surface area (Å²) in [5, 5.41) is 17.4. The van der Waals surface area contributed by atoms with Crippen LogP contribution >= 0.6 is 0 Å². The molecule has 0 aromatic carbocycles. The average molecular weight is 434 g/mol. The molecule has 3 aromatic rings. The maximum absolute atomic E-state index is 12.3. The Morgan fingerprint density at radius 3 is 2.41 bits per heavy atom. The molecule has 1 aliphatic carbocycles. The first-order valence-corrected chi connectivity index (χ1v) is 10.8. The molecule has 3 N–H and O–H groups in total. The van der Waals surface area contributed by atoms with E-state index < -0.39 is 0 Å². The molecule has 166 valence electrons. The van der Waals surface area contributed by atoms with Gasteiger partial charge in [-0.3, -0.25) is 4.79 Å². The monoisotopic (exact) mass is 433 g/mol. The SMILES string of the molecule is Cc1ccc(Nc2ccc(NCCNC(=O)c3ccc(OC4CCCC4)nc3)nn2)nc1. The van der Waals surface area contributed by atoms with E-state index in [1.165, 1.54) is 12.8 Å². The Morgan fingerprint density at radius 1 is 0.938 bits per heavy atom. The maximum Gasteiger partial charge on any atom is 0.252 e. The molecule has 1 amide bonds. The van der Waals surface area contributed by atoms with Gasteiger partial charge in [0.15, 0.2) is 5.82 Å². The number of carbonyl (C=O) groups is 1. The van der Waals surface area contributed by atoms with Crippen molar-refractivity contribution in [2.24, 2.45) is 0 Å². The number of aryl methyl sites for hydroxylation is 1. The quantitative estimate of drug-likeness (QED) is 0.440. The van der Waals surface area contributed by atoms with Gasteiger partial charge in [-0.15, -0.1) is 10.2 Å². The third-order valence-corrected chi connectivity index (χ3v) is 5.14. The summed E-state index contributed by atoms with van der Waals surface area (Å²) in [6.45, 7) is 2.94. The molecule has 0 spiro atoms. The van der Waals surface area contributed by atoms with Gasteiger partial charge in [0.2, 0.25) is 5.88 Å². The molecule has 1 saturated carbocycles. The van der Waals surface area contributed by atoms with Crippen LogP contribution in [0, 0.1) is 6.92 Å². The number of hydrogen-bond donors (Lipinski definition) is 3. The summed E-state index contributed by atoms with van der Waals surface area (Å²) in [5.41, 5.74) is 1.60. The highest BCUT2D eigenvalue weighted by Gasteiger charge is 2.17. The predicted octanol–water partition coefficient (Wildman–Crippen LogP) is 3.48. The minimum Gasteiger partial charge on any atom is -0.474 e. The number of pyridine rings is 2. The molecular weight excluding hydrogens is 406 g/mol. The average Bonchev–Trinajstić information content (AvgIpc) is 3.33. The van der Waals surface area contributed by atoms with Crippen LogP contribution < -0.4 is 20.7 Å². The van der Waals surface area contributed by atoms with Gasteiger partial charge in [-0.2, -0.15) is 0 Å². The van der Waals surface area contributed by atoms with E-state index in [4.69, 9.17) is 4.74 Å². The fraction of sp³-hybridized carbons (Fsp3) is 0.348. The number of hydrogen-bond acceptors (Lipinski definition) is 8. The minimum absolute atomic E-state index is 0.178. The molecule has 4 rings (SSSR count). The van der Waals surface area contributed by atoms with Gasteiger partial charge in [-0.25, -0.2) is 9.97 Å². The summed E-state index contributed by atoms with van der Waals surface area (Å²) in [6.07, 6.45) is 8.14. The van der Waals surface area contributed by atoms with Crippen LogP contribution in [0.3, 0.4) is 0 Å². The number of carbonyl (C=O) groups excluding carboxylic acids is 1. The normalized spacial score (nSPS) is 13.5. The van der Waals surface area contributed by atoms with Crippen molar-refractivity contribution >= 4 is 23.4 Å². The number of nitrogens with zero attached hydrogens (tertiary/aromatic N) is 4. The summed E-state index contributed by atoms with van der Waals surface area (Å²) in [6, 6.07) is 11.0. The van der Waals surface area contributed by atoms with Crippen LogP contribution in [0.4, 0.5) is 17.5 Å². The first-order valence-electron chi connectivity index (χ1n) is 10.8. The Kier molecular flexibility index (Phi) is 7.06. The third kappa shape index (κ3) is 6.13. The largest absolute Gasteiger partial charge is 0.474 e. The van der Waals surface area contributed by atoms with Gasteiger partial charge in [0.05, 0.1) is 5.56 Å². The molecule has 1 fully saturated rings. The summed E-state index contributed by atoms with van der Waals surface area (Å²) < 4.78 is 5.83. The third-order valence-electron chi connectivity index (χ3n) is 5.14. The van der Waals surface area contributed by atoms with Crippen molar-refractivity contribution in [3.05, 3.63) is 59.9 Å². The molecule has 0 radical (unpaired) electrons. The second-order valence-corrected chi connectivity index (χ2v) is 7.74. The highest BCUT2D eigenvalue weighted by molar-refractivity contribution is 5.93. The highest BCUT2D eigenvalue weighted by Crippen LogP contribution is 2.22. The van der Waals surface area contributed by atoms with Crippen molar-refractivity contribution in [3.8, 4) is 5.88 Å². The van der Waals surface area contributed by atoms with Crippen LogP contribution in [-0.2, 0) is 0 Å². The molecule has 32 heavy (non-hydrogen) atoms. The fourth-order valence-corrected chi connectivity index (χ4v) is 3.40. The molecule has 0 atom stereocenters. The van der Waals surface area contributed by atoms with Crippen LogP contribution in [0.5, 0.6) is 5.88 Å². The molecular formula is C23H27N7O2. The van der Waals surface area contributed by atoms with Gasteiger partial charge in [0, 0.05) is 31.5 Å². The lowest BCUT2D eigenvalue weighted by molar-refractivity contribution is 0.0954. The molecule has 0 unspecified atom stereocenters. The van der Waals surface area contributed by atoms with E-state index >= 15 is 0 Å². The van der Waals surface area contributed by atoms with E-state index in [1.54, 1.807) is 24.5 Å². The summed E-state index contributed by atoms with van der Waals surface area (Å²) in [7, 11) is 0. The summed E-state index contributed by atoms with van der Waals surface area (Å²) in [5.74, 6) is 2.33. The predicted molar refractivity (Wildman–Crippen MR) is 122 cm³/mol. The lowest BCUT2D eigenvalue weighted by Crippen LogP contribution is -2.29. The van der Waals surface area contributed by atoms with Gasteiger partial charge in [-0.05, 0) is 62.4 Å². The van der Waals surface area contributed by atoms with Crippen LogP contribution in [0.1, 0.15) is 41.6 Å². The van der Waals surface area contributed by atoms with Crippen LogP contribution in [0.2, 0.25) is 0 Å². The second-order valence-electron chi connectivity index (χ2n) is 7.74. The maximum atomic E-state index is 12.3. The van der Waals surface area contributed by atoms with Crippen molar-refractivity contribution in [2.75, 3.05) is 23.7 Å². The number of rotatable bonds is 9. The second kappa shape index (κ2) is 10.5. The Morgan fingerprint density at radius 2 is 1.72 bits per heavy atom. The van der Waals surface area contributed by atoms with Crippen molar-refractivity contribution in [1.82, 2.24) is 25.5 Å². The molecule has 0 aliphatic heterocycles. The first-order chi connectivity index (χ1) is 15.7. The number of nitrogens with one attached hydrogen (secondary N) is 3. The van der Waals surface area contributed by atoms with E-state index in [0.717, 1.165) is 18.4 Å². The summed E-state index contributed by atoms with van der Waals surface area (Å²) >= 11 is 0. The smallest absolute Gasteiger partial charge is 0.252 e. The number of aromatic nitrogens is 4. The van der Waals surface area contributed by atoms with Crippen molar-refractivity contribution in [3.63, 3.8) is 0 Å². The van der Waals surface area contributed by atoms with Gasteiger partial charge < -0.3 is 20.7 Å². The Hall–Kier alpha value is -3.75. The van der Waals surface area contributed by atoms with Crippen molar-refractivity contribution < 1.29 is 9.53 Å². The number of ether oxygens (including phenoxy) is 1. The zero-order chi connectivity index (χ0) is 22.2. The van der Waals surface area contributed by atoms with Crippen LogP contribution in [-0.4, -0.2) is 45.3 Å². The highest BCUT2D eigenvalue weighted by atomic mass is 16.5. The topological polar surface area (TPSA) is 114 Å². The van der Waals surface area contributed by atoms with Crippen molar-refractivity contribution in [2.45, 2.75) is 38.7 Å². The minimum atomic E-state index is -0.178. The van der Waals surface area contributed by atoms with Crippen LogP contribution in [0.25, 0.3) is 0 Å². The van der Waals surface area contributed by atoms with E-state index in [2.05, 4.69) is 36.1 Å². The fourth-order valence-electron chi connectivity index (χ4n) is 3.40. The Balaban J connectivity index is 1.17. The van der Waals surface area contributed by atoms with Gasteiger partial charge >= 0.3 is 0 Å². The van der Waals surface area contributed by atoms with E-state index in [0.29, 0.717) is 42.0 Å². The first kappa shape index (κ1) is 21.5. The summed E-state index contributed by atoms with van der Waals surface area (Å²) in [4.78, 5) is 20.8. The zero-order valence-corrected chi connectivity index (χ0v) is 18.0. The standard InChI is InChI=1S/C23H27N7O2/c1-16-6-8-19(26-14-16)28-21-10-9-20(29-30-21)24-12-13-25-23(31)17-7-11-22(27-15-17)32-18-4-2-3-5-18/h6-11,14-15,18H,2-5,12-13H2,1H3,(H,24,29)(H,25,31)(H,26,28,30). The van der Waals surface area contributed by atoms with Gasteiger partial charge in [0.1, 0.15) is 17.7 Å². The molecule has 9 heteroatoms. The molecule has 0 bridgehead atoms. The van der Waals surface area contributed by atoms with E-state index in [1.807, 2.05) is 31.2 Å². The van der Waals surface area contributed by atoms with Crippen molar-refractivity contribution in [1.29, 1.82) is 0 Å². The van der Waals surface area contributed by atoms with Gasteiger partial charge in [-0.1, -0.05) is 6.07 Å². The lowest BCUT2D eigenvalue weighted by atomic mass is 10.2. The van der Waals surface area contributed by atoms with Gasteiger partial charge in [0.25, 0.3) is 5.91 Å². The lowest BCUT2D eigenvalue weighted by Gasteiger charge is -2.12. The Labute approximate surface area is 187 Å². The molecule has 0 saturated heterocycles. The molecule has 3 aromatic heterocycles. The zero-order valence-electron chi connectivity index (χ0n) is 18.0. The van der Waals surface area contributed by atoms with E-state index in [-0.39, 0.29) is 12.0 Å². The Bertz CT molecular complexity index is 1000. The van der Waals surface area contributed by atoms with Crippen LogP contribution in [0.15, 0.2) is 48.8 Å². The molecule has 9 nitrogen and oxygen atoms in total. The molecule has 3 heterocycles.